The summed E-state index contributed by atoms with van der Waals surface area (Å²) < 4.78 is 10.5. The molecule has 5 nitrogen and oxygen atoms in total. The van der Waals surface area contributed by atoms with Crippen molar-refractivity contribution in [3.63, 3.8) is 0 Å². The highest BCUT2D eigenvalue weighted by molar-refractivity contribution is 5.95. The molecule has 0 fully saturated rings. The average Bonchev–Trinajstić information content (AvgIpc) is 3.01. The molecule has 0 saturated heterocycles. The molecule has 29 heavy (non-hydrogen) atoms. The number of aromatic hydroxyl groups is 1. The molecule has 0 bridgehead atoms. The highest BCUT2D eigenvalue weighted by atomic mass is 16.5. The van der Waals surface area contributed by atoms with Crippen molar-refractivity contribution in [2.24, 2.45) is 0 Å². The van der Waals surface area contributed by atoms with Crippen LogP contribution < -0.4 is 0 Å². The van der Waals surface area contributed by atoms with Gasteiger partial charge in [0.15, 0.2) is 0 Å². The predicted octanol–water partition coefficient (Wildman–Crippen LogP) is 5.55. The monoisotopic (exact) mass is 389 g/mol. The Bertz CT molecular complexity index is 1100. The summed E-state index contributed by atoms with van der Waals surface area (Å²) in [5, 5.41) is 19.6. The SMILES string of the molecule is CCCc1cc(C#N)c(-c2c(C)oc(C(=O)OC)c2C)c(-c2ccc(O)cc2)c1. The number of furan rings is 1. The van der Waals surface area contributed by atoms with Gasteiger partial charge >= 0.3 is 5.97 Å². The fourth-order valence-corrected chi connectivity index (χ4v) is 3.67. The second kappa shape index (κ2) is 8.24. The van der Waals surface area contributed by atoms with Crippen LogP contribution in [0.1, 0.15) is 46.3 Å². The van der Waals surface area contributed by atoms with Gasteiger partial charge in [0.05, 0.1) is 18.7 Å². The first kappa shape index (κ1) is 20.2. The van der Waals surface area contributed by atoms with Gasteiger partial charge in [0, 0.05) is 16.7 Å². The van der Waals surface area contributed by atoms with Crippen LogP contribution in [0.5, 0.6) is 5.75 Å². The highest BCUT2D eigenvalue weighted by Gasteiger charge is 2.26. The summed E-state index contributed by atoms with van der Waals surface area (Å²) in [6, 6.07) is 13.1. The Morgan fingerprint density at radius 1 is 1.17 bits per heavy atom. The van der Waals surface area contributed by atoms with Gasteiger partial charge in [-0.25, -0.2) is 4.79 Å². The number of hydrogen-bond donors (Lipinski definition) is 1. The Hall–Kier alpha value is -3.52. The lowest BCUT2D eigenvalue weighted by molar-refractivity contribution is 0.0562. The Morgan fingerprint density at radius 2 is 1.86 bits per heavy atom. The van der Waals surface area contributed by atoms with Crippen LogP contribution in [0.25, 0.3) is 22.3 Å². The van der Waals surface area contributed by atoms with E-state index in [2.05, 4.69) is 19.1 Å². The van der Waals surface area contributed by atoms with E-state index in [1.807, 2.05) is 18.2 Å². The zero-order chi connectivity index (χ0) is 21.1. The first-order valence-corrected chi connectivity index (χ1v) is 9.46. The smallest absolute Gasteiger partial charge is 0.374 e. The molecule has 0 aliphatic rings. The lowest BCUT2D eigenvalue weighted by atomic mass is 9.86. The van der Waals surface area contributed by atoms with E-state index in [-0.39, 0.29) is 11.5 Å². The maximum Gasteiger partial charge on any atom is 0.374 e. The molecule has 0 unspecified atom stereocenters. The quantitative estimate of drug-likeness (QED) is 0.579. The normalized spacial score (nSPS) is 10.6. The number of carbonyl (C=O) groups is 1. The zero-order valence-electron chi connectivity index (χ0n) is 17.0. The lowest BCUT2D eigenvalue weighted by Gasteiger charge is -2.15. The van der Waals surface area contributed by atoms with Gasteiger partial charge in [0.1, 0.15) is 11.5 Å². The molecular weight excluding hydrogens is 366 g/mol. The van der Waals surface area contributed by atoms with Crippen molar-refractivity contribution in [1.29, 1.82) is 5.26 Å². The number of benzene rings is 2. The number of phenolic OH excluding ortho intramolecular Hbond substituents is 1. The third-order valence-electron chi connectivity index (χ3n) is 4.98. The second-order valence-electron chi connectivity index (χ2n) is 6.95. The topological polar surface area (TPSA) is 83.5 Å². The van der Waals surface area contributed by atoms with E-state index in [0.717, 1.165) is 29.5 Å². The average molecular weight is 389 g/mol. The number of nitrogens with zero attached hydrogens (tertiary/aromatic N) is 1. The van der Waals surface area contributed by atoms with Crippen LogP contribution in [0.2, 0.25) is 0 Å². The minimum Gasteiger partial charge on any atom is -0.508 e. The van der Waals surface area contributed by atoms with Crippen LogP contribution in [0.15, 0.2) is 40.8 Å². The van der Waals surface area contributed by atoms with Gasteiger partial charge in [-0.1, -0.05) is 31.5 Å². The number of hydrogen-bond acceptors (Lipinski definition) is 5. The van der Waals surface area contributed by atoms with E-state index in [9.17, 15) is 15.2 Å². The van der Waals surface area contributed by atoms with E-state index in [4.69, 9.17) is 9.15 Å². The van der Waals surface area contributed by atoms with E-state index in [1.165, 1.54) is 7.11 Å². The molecule has 0 atom stereocenters. The largest absolute Gasteiger partial charge is 0.508 e. The van der Waals surface area contributed by atoms with Gasteiger partial charge in [-0.15, -0.1) is 0 Å². The van der Waals surface area contributed by atoms with Gasteiger partial charge in [-0.2, -0.15) is 5.26 Å². The van der Waals surface area contributed by atoms with Crippen molar-refractivity contribution in [1.82, 2.24) is 0 Å². The van der Waals surface area contributed by atoms with Gasteiger partial charge < -0.3 is 14.3 Å². The summed E-state index contributed by atoms with van der Waals surface area (Å²) in [6.45, 7) is 5.66. The highest BCUT2D eigenvalue weighted by Crippen LogP contribution is 2.41. The molecule has 1 aromatic heterocycles. The minimum absolute atomic E-state index is 0.137. The summed E-state index contributed by atoms with van der Waals surface area (Å²) in [4.78, 5) is 12.1. The number of phenols is 1. The third-order valence-corrected chi connectivity index (χ3v) is 4.98. The fraction of sp³-hybridized carbons (Fsp3) is 0.250. The first-order chi connectivity index (χ1) is 13.9. The predicted molar refractivity (Wildman–Crippen MR) is 111 cm³/mol. The first-order valence-electron chi connectivity index (χ1n) is 9.46. The van der Waals surface area contributed by atoms with Crippen molar-refractivity contribution < 1.29 is 19.1 Å². The van der Waals surface area contributed by atoms with Crippen LogP contribution in [-0.4, -0.2) is 18.2 Å². The van der Waals surface area contributed by atoms with Crippen molar-refractivity contribution in [3.05, 3.63) is 64.6 Å². The summed E-state index contributed by atoms with van der Waals surface area (Å²) in [5.74, 6) is 0.300. The maximum atomic E-state index is 12.1. The zero-order valence-corrected chi connectivity index (χ0v) is 17.0. The Labute approximate surface area is 170 Å². The third kappa shape index (κ3) is 3.74. The van der Waals surface area contributed by atoms with Crippen LogP contribution in [0.4, 0.5) is 0 Å². The maximum absolute atomic E-state index is 12.1. The number of aryl methyl sites for hydroxylation is 2. The molecule has 2 aromatic carbocycles. The van der Waals surface area contributed by atoms with Crippen molar-refractivity contribution in [2.45, 2.75) is 33.6 Å². The van der Waals surface area contributed by atoms with Crippen LogP contribution >= 0.6 is 0 Å². The number of ether oxygens (including phenoxy) is 1. The van der Waals surface area contributed by atoms with Crippen molar-refractivity contribution in [2.75, 3.05) is 7.11 Å². The summed E-state index contributed by atoms with van der Waals surface area (Å²) in [5.41, 5.74) is 5.36. The van der Waals surface area contributed by atoms with E-state index in [1.54, 1.807) is 26.0 Å². The molecule has 0 spiro atoms. The van der Waals surface area contributed by atoms with Gasteiger partial charge in [-0.05, 0) is 55.2 Å². The standard InChI is InChI=1S/C24H23NO4/c1-5-6-16-11-18(13-25)22(20(12-16)17-7-9-19(26)10-8-17)21-14(2)23(24(27)28-4)29-15(21)3/h7-12,26H,5-6H2,1-4H3. The molecule has 1 heterocycles. The molecule has 1 N–H and O–H groups in total. The second-order valence-corrected chi connectivity index (χ2v) is 6.95. The Balaban J connectivity index is 2.37. The molecule has 148 valence electrons. The number of esters is 1. The molecule has 0 aliphatic heterocycles. The van der Waals surface area contributed by atoms with Crippen LogP contribution in [0.3, 0.4) is 0 Å². The fourth-order valence-electron chi connectivity index (χ4n) is 3.67. The van der Waals surface area contributed by atoms with Crippen molar-refractivity contribution >= 4 is 5.97 Å². The molecule has 5 heteroatoms. The number of nitriles is 1. The number of methoxy groups -OCH3 is 1. The molecule has 3 rings (SSSR count). The lowest BCUT2D eigenvalue weighted by Crippen LogP contribution is -2.01. The van der Waals surface area contributed by atoms with Gasteiger partial charge in [-0.3, -0.25) is 0 Å². The molecule has 0 aliphatic carbocycles. The Morgan fingerprint density at radius 3 is 2.45 bits per heavy atom. The van der Waals surface area contributed by atoms with Gasteiger partial charge in [0.25, 0.3) is 0 Å². The summed E-state index contributed by atoms with van der Waals surface area (Å²) >= 11 is 0. The number of carbonyl (C=O) groups excluding carboxylic acids is 1. The Kier molecular flexibility index (Phi) is 5.74. The van der Waals surface area contributed by atoms with Crippen LogP contribution in [0, 0.1) is 25.2 Å². The van der Waals surface area contributed by atoms with Gasteiger partial charge in [0.2, 0.25) is 5.76 Å². The van der Waals surface area contributed by atoms with Crippen LogP contribution in [-0.2, 0) is 11.2 Å². The summed E-state index contributed by atoms with van der Waals surface area (Å²) in [7, 11) is 1.31. The number of rotatable bonds is 5. The molecular formula is C24H23NO4. The molecule has 0 saturated carbocycles. The van der Waals surface area contributed by atoms with Crippen molar-refractivity contribution in [3.8, 4) is 34.1 Å². The van der Waals surface area contributed by atoms with E-state index >= 15 is 0 Å². The summed E-state index contributed by atoms with van der Waals surface area (Å²) in [6.07, 6.45) is 1.80. The molecule has 3 aromatic rings. The van der Waals surface area contributed by atoms with E-state index in [0.29, 0.717) is 28.0 Å². The van der Waals surface area contributed by atoms with E-state index < -0.39 is 5.97 Å². The minimum atomic E-state index is -0.552. The molecule has 0 radical (unpaired) electrons. The molecule has 0 amide bonds.